The van der Waals surface area contributed by atoms with Crippen LogP contribution in [0.3, 0.4) is 0 Å². The van der Waals surface area contributed by atoms with Crippen LogP contribution in [0.1, 0.15) is 75.1 Å². The van der Waals surface area contributed by atoms with E-state index < -0.39 is 47.4 Å². The number of nitrogens with one attached hydrogen (secondary N) is 3. The number of Topliss-reactive ketones (excluding diaryl/α,β-unsaturated/α-hetero) is 1. The van der Waals surface area contributed by atoms with Gasteiger partial charge in [0.05, 0.1) is 26.7 Å². The highest BCUT2D eigenvalue weighted by atomic mass is 16.5. The van der Waals surface area contributed by atoms with Gasteiger partial charge in [0.2, 0.25) is 11.8 Å². The molecule has 2 atom stereocenters. The van der Waals surface area contributed by atoms with Crippen molar-refractivity contribution in [2.45, 2.75) is 83.5 Å². The highest BCUT2D eigenvalue weighted by Gasteiger charge is 2.60. The molecule has 3 aromatic carbocycles. The van der Waals surface area contributed by atoms with Crippen molar-refractivity contribution in [3.05, 3.63) is 83.4 Å². The summed E-state index contributed by atoms with van der Waals surface area (Å²) in [5.74, 6) is -1.13. The molecule has 5 N–H and O–H groups in total. The quantitative estimate of drug-likeness (QED) is 0.157. The highest BCUT2D eigenvalue weighted by molar-refractivity contribution is 6.10. The second-order valence-electron chi connectivity index (χ2n) is 14.2. The zero-order chi connectivity index (χ0) is 39.2. The van der Waals surface area contributed by atoms with Crippen molar-refractivity contribution >= 4 is 46.9 Å². The van der Waals surface area contributed by atoms with E-state index in [1.807, 2.05) is 39.0 Å². The Kier molecular flexibility index (Phi) is 12.2. The average molecular weight is 741 g/mol. The minimum atomic E-state index is -1.33. The first-order chi connectivity index (χ1) is 25.8. The number of imide groups is 1. The van der Waals surface area contributed by atoms with Crippen molar-refractivity contribution in [2.24, 2.45) is 11.7 Å². The van der Waals surface area contributed by atoms with Crippen molar-refractivity contribution in [1.29, 1.82) is 0 Å². The van der Waals surface area contributed by atoms with Crippen LogP contribution < -0.4 is 31.2 Å². The van der Waals surface area contributed by atoms with Gasteiger partial charge in [-0.25, -0.2) is 14.5 Å². The molecule has 3 aromatic rings. The number of rotatable bonds is 14. The maximum absolute atomic E-state index is 14.6. The molecule has 1 aliphatic carbocycles. The molecule has 1 saturated carbocycles. The van der Waals surface area contributed by atoms with E-state index in [1.54, 1.807) is 48.5 Å². The molecule has 1 heterocycles. The molecule has 14 nitrogen and oxygen atoms in total. The van der Waals surface area contributed by atoms with E-state index in [2.05, 4.69) is 16.0 Å². The van der Waals surface area contributed by atoms with Gasteiger partial charge in [-0.15, -0.1) is 0 Å². The summed E-state index contributed by atoms with van der Waals surface area (Å²) in [6.45, 7) is 5.68. The molecule has 286 valence electrons. The Hall–Kier alpha value is -5.92. The summed E-state index contributed by atoms with van der Waals surface area (Å²) < 4.78 is 10.8. The van der Waals surface area contributed by atoms with Crippen LogP contribution in [0.5, 0.6) is 11.5 Å². The number of urea groups is 2. The minimum absolute atomic E-state index is 0.000592. The van der Waals surface area contributed by atoms with Crippen molar-refractivity contribution < 1.29 is 38.2 Å². The highest BCUT2D eigenvalue weighted by Crippen LogP contribution is 2.42. The van der Waals surface area contributed by atoms with E-state index in [0.717, 1.165) is 10.5 Å². The summed E-state index contributed by atoms with van der Waals surface area (Å²) in [6, 6.07) is 16.1. The zero-order valence-electron chi connectivity index (χ0n) is 31.3. The first-order valence-corrected chi connectivity index (χ1v) is 18.0. The number of amides is 7. The van der Waals surface area contributed by atoms with Crippen LogP contribution in [0.4, 0.5) is 21.0 Å². The van der Waals surface area contributed by atoms with Crippen molar-refractivity contribution in [2.75, 3.05) is 24.9 Å². The molecule has 0 aromatic heterocycles. The lowest BCUT2D eigenvalue weighted by atomic mass is 9.79. The van der Waals surface area contributed by atoms with Gasteiger partial charge < -0.3 is 36.1 Å². The number of para-hydroxylation sites is 1. The molecule has 14 heteroatoms. The first kappa shape index (κ1) is 39.3. The zero-order valence-corrected chi connectivity index (χ0v) is 31.3. The van der Waals surface area contributed by atoms with Gasteiger partial charge >= 0.3 is 12.1 Å². The number of nitrogens with two attached hydrogens (primary N) is 1. The summed E-state index contributed by atoms with van der Waals surface area (Å²) in [7, 11) is 2.95. The molecule has 0 radical (unpaired) electrons. The van der Waals surface area contributed by atoms with Crippen LogP contribution in [0.25, 0.3) is 0 Å². The number of ketones is 1. The molecule has 0 bridgehead atoms. The van der Waals surface area contributed by atoms with E-state index in [1.165, 1.54) is 19.1 Å². The number of hydrogen-bond donors (Lipinski definition) is 4. The SMILES string of the molecule is COc1ccc([C@H](CC(N)=O)NC(=O)C(CC(C)C)N2C(=O)N(Cc3ccc(NC(=O)Nc4ccccc4C)cc3)C3(CCC(=O)CC3)C2=O)cc1OC. The Morgan fingerprint density at radius 1 is 0.889 bits per heavy atom. The molecule has 1 aliphatic heterocycles. The molecule has 1 saturated heterocycles. The van der Waals surface area contributed by atoms with E-state index in [9.17, 15) is 28.8 Å². The largest absolute Gasteiger partial charge is 0.493 e. The Morgan fingerprint density at radius 3 is 2.17 bits per heavy atom. The van der Waals surface area contributed by atoms with Gasteiger partial charge in [-0.05, 0) is 79.1 Å². The topological polar surface area (TPSA) is 189 Å². The van der Waals surface area contributed by atoms with Crippen LogP contribution in [0, 0.1) is 12.8 Å². The van der Waals surface area contributed by atoms with Crippen LogP contribution in [-0.2, 0) is 25.7 Å². The summed E-state index contributed by atoms with van der Waals surface area (Å²) in [4.78, 5) is 83.2. The predicted molar refractivity (Wildman–Crippen MR) is 202 cm³/mol. The summed E-state index contributed by atoms with van der Waals surface area (Å²) in [5.41, 5.74) is 7.57. The van der Waals surface area contributed by atoms with Crippen LogP contribution in [0.2, 0.25) is 0 Å². The summed E-state index contributed by atoms with van der Waals surface area (Å²) >= 11 is 0. The molecule has 1 unspecified atom stereocenters. The van der Waals surface area contributed by atoms with E-state index >= 15 is 0 Å². The van der Waals surface area contributed by atoms with E-state index in [-0.39, 0.29) is 56.8 Å². The molecular weight excluding hydrogens is 692 g/mol. The second kappa shape index (κ2) is 16.8. The van der Waals surface area contributed by atoms with Crippen molar-refractivity contribution in [3.63, 3.8) is 0 Å². The number of methoxy groups -OCH3 is 2. The number of nitrogens with zero attached hydrogens (tertiary/aromatic N) is 2. The fourth-order valence-electron chi connectivity index (χ4n) is 7.10. The monoisotopic (exact) mass is 740 g/mol. The molecule has 1 spiro atoms. The van der Waals surface area contributed by atoms with Gasteiger partial charge in [0.25, 0.3) is 5.91 Å². The Bertz CT molecular complexity index is 1900. The summed E-state index contributed by atoms with van der Waals surface area (Å²) in [5, 5.41) is 8.51. The number of anilines is 2. The number of carbonyl (C=O) groups is 6. The van der Waals surface area contributed by atoms with Gasteiger partial charge in [0.1, 0.15) is 17.4 Å². The van der Waals surface area contributed by atoms with Gasteiger partial charge in [-0.2, -0.15) is 0 Å². The maximum atomic E-state index is 14.6. The third-order valence-corrected chi connectivity index (χ3v) is 9.99. The Balaban J connectivity index is 1.40. The minimum Gasteiger partial charge on any atom is -0.493 e. The third-order valence-electron chi connectivity index (χ3n) is 9.99. The van der Waals surface area contributed by atoms with Gasteiger partial charge in [-0.3, -0.25) is 19.2 Å². The smallest absolute Gasteiger partial charge is 0.328 e. The number of hydrogen-bond acceptors (Lipinski definition) is 8. The number of primary amides is 1. The number of benzene rings is 3. The normalized spacial score (nSPS) is 16.3. The van der Waals surface area contributed by atoms with Crippen molar-refractivity contribution in [3.8, 4) is 11.5 Å². The number of ether oxygens (including phenoxy) is 2. The first-order valence-electron chi connectivity index (χ1n) is 18.0. The number of carbonyl (C=O) groups excluding carboxylic acids is 6. The fourth-order valence-corrected chi connectivity index (χ4v) is 7.10. The molecule has 54 heavy (non-hydrogen) atoms. The maximum Gasteiger partial charge on any atom is 0.328 e. The lowest BCUT2D eigenvalue weighted by Crippen LogP contribution is -2.54. The summed E-state index contributed by atoms with van der Waals surface area (Å²) in [6.07, 6.45) is 0.363. The van der Waals surface area contributed by atoms with Crippen LogP contribution in [-0.4, -0.2) is 71.2 Å². The Morgan fingerprint density at radius 2 is 1.56 bits per heavy atom. The van der Waals surface area contributed by atoms with E-state index in [0.29, 0.717) is 34.0 Å². The standard InChI is InChI=1S/C40H48N6O8/c1-24(2)20-32(36(49)43-31(22-35(41)48)27-12-15-33(53-4)34(21-27)54-5)46-37(50)40(18-16-29(47)17-19-40)45(39(46)52)23-26-10-13-28(14-11-26)42-38(51)44-30-9-7-6-8-25(30)3/h6-15,21,24,31-32H,16-20,22-23H2,1-5H3,(H2,41,48)(H,43,49)(H2,42,44,51)/t31-,32?/m0/s1. The molecule has 2 fully saturated rings. The lowest BCUT2D eigenvalue weighted by molar-refractivity contribution is -0.142. The van der Waals surface area contributed by atoms with Gasteiger partial charge in [0, 0.05) is 30.8 Å². The van der Waals surface area contributed by atoms with Crippen molar-refractivity contribution in [1.82, 2.24) is 15.1 Å². The fraction of sp³-hybridized carbons (Fsp3) is 0.400. The lowest BCUT2D eigenvalue weighted by Gasteiger charge is -2.37. The third kappa shape index (κ3) is 8.64. The average Bonchev–Trinajstić information content (AvgIpc) is 3.33. The molecule has 2 aliphatic rings. The number of aryl methyl sites for hydroxylation is 1. The molecule has 7 amide bonds. The second-order valence-corrected chi connectivity index (χ2v) is 14.2. The molecule has 5 rings (SSSR count). The van der Waals surface area contributed by atoms with Crippen LogP contribution >= 0.6 is 0 Å². The predicted octanol–water partition coefficient (Wildman–Crippen LogP) is 5.45. The molecular formula is C40H48N6O8. The van der Waals surface area contributed by atoms with E-state index in [4.69, 9.17) is 15.2 Å². The van der Waals surface area contributed by atoms with Crippen LogP contribution in [0.15, 0.2) is 66.7 Å². The van der Waals surface area contributed by atoms with Gasteiger partial charge in [-0.1, -0.05) is 50.2 Å². The van der Waals surface area contributed by atoms with Gasteiger partial charge in [0.15, 0.2) is 11.5 Å². The Labute approximate surface area is 314 Å².